The van der Waals surface area contributed by atoms with Gasteiger partial charge in [0.25, 0.3) is 0 Å². The second-order valence-corrected chi connectivity index (χ2v) is 8.00. The van der Waals surface area contributed by atoms with Crippen LogP contribution in [0.15, 0.2) is 24.3 Å². The number of hydrogen-bond acceptors (Lipinski definition) is 5. The molecule has 0 aliphatic carbocycles. The molecule has 0 bridgehead atoms. The second-order valence-electron chi connectivity index (χ2n) is 7.57. The van der Waals surface area contributed by atoms with Crippen LogP contribution >= 0.6 is 11.6 Å². The molecule has 2 saturated heterocycles. The van der Waals surface area contributed by atoms with Gasteiger partial charge in [0.05, 0.1) is 7.11 Å². The summed E-state index contributed by atoms with van der Waals surface area (Å²) in [6, 6.07) is 8.46. The molecule has 0 aromatic heterocycles. The van der Waals surface area contributed by atoms with E-state index in [0.717, 1.165) is 57.1 Å². The minimum Gasteiger partial charge on any atom is -0.469 e. The Bertz CT molecular complexity index is 677. The molecule has 0 unspecified atom stereocenters. The maximum absolute atomic E-state index is 12.5. The molecule has 28 heavy (non-hydrogen) atoms. The fourth-order valence-electron chi connectivity index (χ4n) is 4.14. The molecule has 0 spiro atoms. The normalized spacial score (nSPS) is 20.9. The number of rotatable bonds is 6. The number of piperidine rings is 1. The Morgan fingerprint density at radius 3 is 2.64 bits per heavy atom. The molecular weight excluding hydrogens is 378 g/mol. The summed E-state index contributed by atoms with van der Waals surface area (Å²) in [5.41, 5.74) is 1.18. The van der Waals surface area contributed by atoms with E-state index in [1.807, 2.05) is 23.1 Å². The molecule has 2 aliphatic rings. The standard InChI is InChI=1S/C21H30ClN3O3/c1-28-21(27)9-3-8-20(26)25-10-4-7-19(16-25)24-13-11-23(12-14-24)18-6-2-5-17(22)15-18/h2,5-6,15,19H,3-4,7-14,16H2,1H3/t19-/m0/s1. The number of amides is 1. The van der Waals surface area contributed by atoms with Gasteiger partial charge < -0.3 is 14.5 Å². The van der Waals surface area contributed by atoms with Gasteiger partial charge in [0.2, 0.25) is 5.91 Å². The molecule has 0 N–H and O–H groups in total. The predicted molar refractivity (Wildman–Crippen MR) is 111 cm³/mol. The van der Waals surface area contributed by atoms with Crippen LogP contribution in [0.4, 0.5) is 5.69 Å². The summed E-state index contributed by atoms with van der Waals surface area (Å²) in [6.45, 7) is 5.58. The van der Waals surface area contributed by atoms with Crippen molar-refractivity contribution in [3.05, 3.63) is 29.3 Å². The zero-order chi connectivity index (χ0) is 19.9. The van der Waals surface area contributed by atoms with Crippen molar-refractivity contribution in [3.8, 4) is 0 Å². The number of carbonyl (C=O) groups is 2. The number of methoxy groups -OCH3 is 1. The molecule has 1 aromatic carbocycles. The third-order valence-corrected chi connectivity index (χ3v) is 5.99. The summed E-state index contributed by atoms with van der Waals surface area (Å²) in [5, 5.41) is 0.772. The smallest absolute Gasteiger partial charge is 0.305 e. The lowest BCUT2D eigenvalue weighted by molar-refractivity contribution is -0.141. The van der Waals surface area contributed by atoms with E-state index in [2.05, 4.69) is 20.6 Å². The number of esters is 1. The zero-order valence-electron chi connectivity index (χ0n) is 16.6. The third-order valence-electron chi connectivity index (χ3n) is 5.75. The number of anilines is 1. The lowest BCUT2D eigenvalue weighted by Gasteiger charge is -2.44. The zero-order valence-corrected chi connectivity index (χ0v) is 17.4. The van der Waals surface area contributed by atoms with Crippen LogP contribution in [0, 0.1) is 0 Å². The van der Waals surface area contributed by atoms with Crippen molar-refractivity contribution in [3.63, 3.8) is 0 Å². The van der Waals surface area contributed by atoms with E-state index in [-0.39, 0.29) is 11.9 Å². The molecule has 2 fully saturated rings. The Morgan fingerprint density at radius 1 is 1.14 bits per heavy atom. The van der Waals surface area contributed by atoms with E-state index in [0.29, 0.717) is 25.3 Å². The van der Waals surface area contributed by atoms with Crippen LogP contribution in [0.1, 0.15) is 32.1 Å². The Kier molecular flexibility index (Phi) is 7.57. The molecule has 1 amide bonds. The number of likely N-dealkylation sites (tertiary alicyclic amines) is 1. The van der Waals surface area contributed by atoms with E-state index in [1.54, 1.807) is 0 Å². The fraction of sp³-hybridized carbons (Fsp3) is 0.619. The molecule has 0 saturated carbocycles. The summed E-state index contributed by atoms with van der Waals surface area (Å²) >= 11 is 6.12. The van der Waals surface area contributed by atoms with E-state index in [1.165, 1.54) is 12.8 Å². The number of carbonyl (C=O) groups excluding carboxylic acids is 2. The molecule has 2 heterocycles. The van der Waals surface area contributed by atoms with Crippen molar-refractivity contribution in [1.82, 2.24) is 9.80 Å². The van der Waals surface area contributed by atoms with Gasteiger partial charge in [-0.15, -0.1) is 0 Å². The van der Waals surface area contributed by atoms with Crippen molar-refractivity contribution >= 4 is 29.2 Å². The van der Waals surface area contributed by atoms with Gasteiger partial charge in [0.15, 0.2) is 0 Å². The van der Waals surface area contributed by atoms with Gasteiger partial charge in [-0.25, -0.2) is 0 Å². The summed E-state index contributed by atoms with van der Waals surface area (Å²) in [6.07, 6.45) is 3.48. The molecule has 154 valence electrons. The maximum Gasteiger partial charge on any atom is 0.305 e. The lowest BCUT2D eigenvalue weighted by atomic mass is 10.0. The van der Waals surface area contributed by atoms with Gasteiger partial charge in [0.1, 0.15) is 0 Å². The fourth-order valence-corrected chi connectivity index (χ4v) is 4.33. The summed E-state index contributed by atoms with van der Waals surface area (Å²) < 4.78 is 4.64. The van der Waals surface area contributed by atoms with Crippen molar-refractivity contribution in [2.75, 3.05) is 51.3 Å². The number of ether oxygens (including phenoxy) is 1. The van der Waals surface area contributed by atoms with Crippen LogP contribution < -0.4 is 4.90 Å². The summed E-state index contributed by atoms with van der Waals surface area (Å²) in [7, 11) is 1.38. The van der Waals surface area contributed by atoms with Gasteiger partial charge >= 0.3 is 5.97 Å². The first-order valence-electron chi connectivity index (χ1n) is 10.2. The first kappa shape index (κ1) is 20.9. The molecule has 3 rings (SSSR count). The first-order chi connectivity index (χ1) is 13.6. The lowest BCUT2D eigenvalue weighted by Crippen LogP contribution is -2.55. The number of nitrogens with zero attached hydrogens (tertiary/aromatic N) is 3. The Labute approximate surface area is 172 Å². The topological polar surface area (TPSA) is 53.1 Å². The molecule has 1 atom stereocenters. The average Bonchev–Trinajstić information content (AvgIpc) is 2.73. The van der Waals surface area contributed by atoms with Crippen LogP contribution in [-0.4, -0.2) is 74.1 Å². The summed E-state index contributed by atoms with van der Waals surface area (Å²) in [4.78, 5) is 30.6. The highest BCUT2D eigenvalue weighted by atomic mass is 35.5. The van der Waals surface area contributed by atoms with Crippen LogP contribution in [-0.2, 0) is 14.3 Å². The average molecular weight is 408 g/mol. The van der Waals surface area contributed by atoms with E-state index in [4.69, 9.17) is 11.6 Å². The SMILES string of the molecule is COC(=O)CCCC(=O)N1CCC[C@H](N2CCN(c3cccc(Cl)c3)CC2)C1. The third kappa shape index (κ3) is 5.61. The molecule has 7 heteroatoms. The van der Waals surface area contributed by atoms with Gasteiger partial charge in [-0.1, -0.05) is 17.7 Å². The van der Waals surface area contributed by atoms with Crippen LogP contribution in [0.3, 0.4) is 0 Å². The van der Waals surface area contributed by atoms with E-state index >= 15 is 0 Å². The minimum atomic E-state index is -0.248. The molecule has 0 radical (unpaired) electrons. The largest absolute Gasteiger partial charge is 0.469 e. The highest BCUT2D eigenvalue weighted by Crippen LogP contribution is 2.23. The molecule has 6 nitrogen and oxygen atoms in total. The number of hydrogen-bond donors (Lipinski definition) is 0. The number of piperazine rings is 1. The monoisotopic (exact) mass is 407 g/mol. The second kappa shape index (κ2) is 10.1. The Morgan fingerprint density at radius 2 is 1.93 bits per heavy atom. The van der Waals surface area contributed by atoms with Crippen LogP contribution in [0.2, 0.25) is 5.02 Å². The predicted octanol–water partition coefficient (Wildman–Crippen LogP) is 2.80. The van der Waals surface area contributed by atoms with Gasteiger partial charge in [-0.3, -0.25) is 14.5 Å². The van der Waals surface area contributed by atoms with Crippen LogP contribution in [0.5, 0.6) is 0 Å². The van der Waals surface area contributed by atoms with Crippen LogP contribution in [0.25, 0.3) is 0 Å². The minimum absolute atomic E-state index is 0.158. The summed E-state index contributed by atoms with van der Waals surface area (Å²) in [5.74, 6) is -0.0898. The van der Waals surface area contributed by atoms with Crippen molar-refractivity contribution in [2.24, 2.45) is 0 Å². The Hall–Kier alpha value is -1.79. The quantitative estimate of drug-likeness (QED) is 0.679. The van der Waals surface area contributed by atoms with Gasteiger partial charge in [0, 0.05) is 68.9 Å². The van der Waals surface area contributed by atoms with Crippen molar-refractivity contribution in [2.45, 2.75) is 38.1 Å². The molecule has 2 aliphatic heterocycles. The van der Waals surface area contributed by atoms with E-state index < -0.39 is 0 Å². The number of benzene rings is 1. The van der Waals surface area contributed by atoms with E-state index in [9.17, 15) is 9.59 Å². The molecular formula is C21H30ClN3O3. The van der Waals surface area contributed by atoms with Crippen molar-refractivity contribution < 1.29 is 14.3 Å². The first-order valence-corrected chi connectivity index (χ1v) is 10.5. The van der Waals surface area contributed by atoms with Gasteiger partial charge in [-0.05, 0) is 37.5 Å². The Balaban J connectivity index is 1.46. The number of halogens is 1. The van der Waals surface area contributed by atoms with Crippen molar-refractivity contribution in [1.29, 1.82) is 0 Å². The van der Waals surface area contributed by atoms with Gasteiger partial charge in [-0.2, -0.15) is 0 Å². The molecule has 1 aromatic rings. The highest BCUT2D eigenvalue weighted by molar-refractivity contribution is 6.30. The highest BCUT2D eigenvalue weighted by Gasteiger charge is 2.29. The maximum atomic E-state index is 12.5.